The highest BCUT2D eigenvalue weighted by Gasteiger charge is 2.24. The fourth-order valence-corrected chi connectivity index (χ4v) is 3.97. The Morgan fingerprint density at radius 3 is 2.61 bits per heavy atom. The summed E-state index contributed by atoms with van der Waals surface area (Å²) in [7, 11) is -3.79. The summed E-state index contributed by atoms with van der Waals surface area (Å²) in [5.74, 6) is -0.971. The number of aromatic nitrogens is 2. The molecule has 2 aromatic rings. The predicted octanol–water partition coefficient (Wildman–Crippen LogP) is 1.95. The van der Waals surface area contributed by atoms with Gasteiger partial charge in [0.15, 0.2) is 0 Å². The summed E-state index contributed by atoms with van der Waals surface area (Å²) >= 11 is 0. The number of rotatable bonds is 6. The van der Waals surface area contributed by atoms with E-state index in [4.69, 9.17) is 5.11 Å². The zero-order valence-electron chi connectivity index (χ0n) is 13.2. The lowest BCUT2D eigenvalue weighted by Gasteiger charge is -2.09. The third kappa shape index (κ3) is 3.70. The van der Waals surface area contributed by atoms with E-state index in [2.05, 4.69) is 9.82 Å². The zero-order valence-corrected chi connectivity index (χ0v) is 14.0. The second-order valence-electron chi connectivity index (χ2n) is 5.19. The van der Waals surface area contributed by atoms with Crippen LogP contribution >= 0.6 is 0 Å². The topological polar surface area (TPSA) is 101 Å². The lowest BCUT2D eigenvalue weighted by atomic mass is 10.1. The van der Waals surface area contributed by atoms with Crippen LogP contribution in [0.25, 0.3) is 0 Å². The van der Waals surface area contributed by atoms with Gasteiger partial charge in [0.25, 0.3) is 10.0 Å². The van der Waals surface area contributed by atoms with E-state index in [9.17, 15) is 13.2 Å². The zero-order chi connectivity index (χ0) is 17.2. The van der Waals surface area contributed by atoms with E-state index < -0.39 is 16.0 Å². The van der Waals surface area contributed by atoms with Gasteiger partial charge in [-0.1, -0.05) is 12.1 Å². The maximum atomic E-state index is 12.6. The van der Waals surface area contributed by atoms with Gasteiger partial charge in [-0.3, -0.25) is 14.2 Å². The number of carboxylic acid groups (broad SMARTS) is 1. The van der Waals surface area contributed by atoms with Gasteiger partial charge in [0, 0.05) is 12.2 Å². The van der Waals surface area contributed by atoms with Gasteiger partial charge in [-0.05, 0) is 38.5 Å². The van der Waals surface area contributed by atoms with E-state index in [1.165, 1.54) is 6.07 Å². The van der Waals surface area contributed by atoms with E-state index in [1.807, 2.05) is 6.92 Å². The molecule has 7 nitrogen and oxygen atoms in total. The third-order valence-corrected chi connectivity index (χ3v) is 5.05. The van der Waals surface area contributed by atoms with Gasteiger partial charge in [-0.2, -0.15) is 5.10 Å². The van der Waals surface area contributed by atoms with Crippen LogP contribution in [0.5, 0.6) is 0 Å². The van der Waals surface area contributed by atoms with Gasteiger partial charge in [0.05, 0.1) is 17.8 Å². The predicted molar refractivity (Wildman–Crippen MR) is 86.0 cm³/mol. The molecule has 0 aliphatic rings. The quantitative estimate of drug-likeness (QED) is 0.839. The molecule has 0 unspecified atom stereocenters. The number of carbonyl (C=O) groups is 1. The standard InChI is InChI=1S/C15H19N3O4S/c1-4-18-11(3)15(10(2)16-18)23(21,22)17-13-7-5-6-12(8-13)9-14(19)20/h5-8,17H,4,9H2,1-3H3,(H,19,20). The molecule has 8 heteroatoms. The molecule has 0 saturated carbocycles. The molecule has 2 rings (SSSR count). The summed E-state index contributed by atoms with van der Waals surface area (Å²) in [6.45, 7) is 5.82. The van der Waals surface area contributed by atoms with Crippen LogP contribution < -0.4 is 4.72 Å². The number of anilines is 1. The highest BCUT2D eigenvalue weighted by Crippen LogP contribution is 2.23. The van der Waals surface area contributed by atoms with Crippen molar-refractivity contribution in [1.82, 2.24) is 9.78 Å². The first-order valence-electron chi connectivity index (χ1n) is 7.12. The van der Waals surface area contributed by atoms with Crippen LogP contribution in [0, 0.1) is 13.8 Å². The van der Waals surface area contributed by atoms with Crippen LogP contribution in [0.3, 0.4) is 0 Å². The number of hydrogen-bond donors (Lipinski definition) is 2. The van der Waals surface area contributed by atoms with Crippen LogP contribution in [0.2, 0.25) is 0 Å². The molecule has 0 saturated heterocycles. The van der Waals surface area contributed by atoms with Crippen molar-refractivity contribution in [3.8, 4) is 0 Å². The Hall–Kier alpha value is -2.35. The van der Waals surface area contributed by atoms with Crippen molar-refractivity contribution in [2.24, 2.45) is 0 Å². The summed E-state index contributed by atoms with van der Waals surface area (Å²) in [6.07, 6.45) is -0.165. The van der Waals surface area contributed by atoms with Crippen LogP contribution in [0.15, 0.2) is 29.2 Å². The smallest absolute Gasteiger partial charge is 0.307 e. The van der Waals surface area contributed by atoms with Gasteiger partial charge in [0.1, 0.15) is 4.90 Å². The van der Waals surface area contributed by atoms with E-state index in [1.54, 1.807) is 36.7 Å². The Labute approximate surface area is 135 Å². The molecule has 0 amide bonds. The minimum absolute atomic E-state index is 0.156. The lowest BCUT2D eigenvalue weighted by Crippen LogP contribution is -2.15. The molecule has 1 heterocycles. The molecule has 23 heavy (non-hydrogen) atoms. The summed E-state index contributed by atoms with van der Waals surface area (Å²) in [4.78, 5) is 10.9. The second kappa shape index (κ2) is 6.41. The number of nitrogens with one attached hydrogen (secondary N) is 1. The van der Waals surface area contributed by atoms with E-state index in [-0.39, 0.29) is 11.3 Å². The average molecular weight is 337 g/mol. The molecular weight excluding hydrogens is 318 g/mol. The molecule has 1 aromatic heterocycles. The Morgan fingerprint density at radius 1 is 1.35 bits per heavy atom. The highest BCUT2D eigenvalue weighted by atomic mass is 32.2. The first-order chi connectivity index (χ1) is 10.7. The average Bonchev–Trinajstić information content (AvgIpc) is 2.72. The van der Waals surface area contributed by atoms with Crippen LogP contribution in [-0.4, -0.2) is 29.3 Å². The van der Waals surface area contributed by atoms with E-state index >= 15 is 0 Å². The van der Waals surface area contributed by atoms with Crippen molar-refractivity contribution >= 4 is 21.7 Å². The number of hydrogen-bond acceptors (Lipinski definition) is 4. The summed E-state index contributed by atoms with van der Waals surface area (Å²) < 4.78 is 29.4. The molecule has 0 radical (unpaired) electrons. The van der Waals surface area contributed by atoms with Crippen molar-refractivity contribution in [1.29, 1.82) is 0 Å². The third-order valence-electron chi connectivity index (χ3n) is 3.42. The monoisotopic (exact) mass is 337 g/mol. The molecule has 0 spiro atoms. The molecule has 0 fully saturated rings. The van der Waals surface area contributed by atoms with Crippen molar-refractivity contribution in [2.75, 3.05) is 4.72 Å². The van der Waals surface area contributed by atoms with Crippen molar-refractivity contribution in [3.63, 3.8) is 0 Å². The molecule has 0 aliphatic heterocycles. The maximum absolute atomic E-state index is 12.6. The van der Waals surface area contributed by atoms with Gasteiger partial charge < -0.3 is 5.11 Å². The molecule has 0 aliphatic carbocycles. The number of sulfonamides is 1. The normalized spacial score (nSPS) is 11.4. The van der Waals surface area contributed by atoms with E-state index in [0.29, 0.717) is 29.2 Å². The molecule has 0 atom stereocenters. The van der Waals surface area contributed by atoms with Gasteiger partial charge >= 0.3 is 5.97 Å². The van der Waals surface area contributed by atoms with Crippen LogP contribution in [0.4, 0.5) is 5.69 Å². The Bertz CT molecular complexity index is 840. The number of benzene rings is 1. The number of aryl methyl sites for hydroxylation is 2. The Morgan fingerprint density at radius 2 is 2.04 bits per heavy atom. The summed E-state index contributed by atoms with van der Waals surface area (Å²) in [6, 6.07) is 6.35. The summed E-state index contributed by atoms with van der Waals surface area (Å²) in [5.41, 5.74) is 1.85. The maximum Gasteiger partial charge on any atom is 0.307 e. The lowest BCUT2D eigenvalue weighted by molar-refractivity contribution is -0.136. The molecule has 124 valence electrons. The highest BCUT2D eigenvalue weighted by molar-refractivity contribution is 7.92. The minimum Gasteiger partial charge on any atom is -0.481 e. The SMILES string of the molecule is CCn1nc(C)c(S(=O)(=O)Nc2cccc(CC(=O)O)c2)c1C. The van der Waals surface area contributed by atoms with Gasteiger partial charge in [0.2, 0.25) is 0 Å². The van der Waals surface area contributed by atoms with Gasteiger partial charge in [-0.15, -0.1) is 0 Å². The Balaban J connectivity index is 2.36. The second-order valence-corrected chi connectivity index (χ2v) is 6.81. The first-order valence-corrected chi connectivity index (χ1v) is 8.60. The fourth-order valence-electron chi connectivity index (χ4n) is 2.50. The van der Waals surface area contributed by atoms with Crippen LogP contribution in [0.1, 0.15) is 23.9 Å². The molecular formula is C15H19N3O4S. The van der Waals surface area contributed by atoms with Crippen LogP contribution in [-0.2, 0) is 27.8 Å². The summed E-state index contributed by atoms with van der Waals surface area (Å²) in [5, 5.41) is 13.0. The molecule has 0 bridgehead atoms. The van der Waals surface area contributed by atoms with Gasteiger partial charge in [-0.25, -0.2) is 8.42 Å². The van der Waals surface area contributed by atoms with E-state index in [0.717, 1.165) is 0 Å². The molecule has 1 aromatic carbocycles. The first kappa shape index (κ1) is 17.0. The Kier molecular flexibility index (Phi) is 4.74. The van der Waals surface area contributed by atoms with Crippen molar-refractivity contribution in [3.05, 3.63) is 41.2 Å². The van der Waals surface area contributed by atoms with Crippen molar-refractivity contribution in [2.45, 2.75) is 38.6 Å². The minimum atomic E-state index is -3.79. The largest absolute Gasteiger partial charge is 0.481 e. The van der Waals surface area contributed by atoms with Crippen molar-refractivity contribution < 1.29 is 18.3 Å². The number of carboxylic acids is 1. The fraction of sp³-hybridized carbons (Fsp3) is 0.333. The molecule has 2 N–H and O–H groups in total. The number of nitrogens with zero attached hydrogens (tertiary/aromatic N) is 2. The number of aliphatic carboxylic acids is 1.